The molecule has 0 saturated heterocycles. The summed E-state index contributed by atoms with van der Waals surface area (Å²) < 4.78 is 5.08. The van der Waals surface area contributed by atoms with Gasteiger partial charge < -0.3 is 4.74 Å². The smallest absolute Gasteiger partial charge is 0.273 e. The molecule has 0 aliphatic carbocycles. The maximum atomic E-state index is 5.08. The van der Waals surface area contributed by atoms with Crippen molar-refractivity contribution >= 4 is 11.3 Å². The van der Waals surface area contributed by atoms with Crippen molar-refractivity contribution in [1.82, 2.24) is 4.98 Å². The van der Waals surface area contributed by atoms with E-state index in [1.807, 2.05) is 5.38 Å². The van der Waals surface area contributed by atoms with E-state index in [1.165, 1.54) is 22.5 Å². The third kappa shape index (κ3) is 2.02. The summed E-state index contributed by atoms with van der Waals surface area (Å²) in [4.78, 5) is 4.37. The van der Waals surface area contributed by atoms with Crippen molar-refractivity contribution in [3.05, 3.63) is 34.7 Å². The van der Waals surface area contributed by atoms with Crippen molar-refractivity contribution in [3.63, 3.8) is 0 Å². The van der Waals surface area contributed by atoms with Gasteiger partial charge in [0.1, 0.15) is 0 Å². The number of ether oxygens (including phenoxy) is 1. The molecule has 0 unspecified atom stereocenters. The summed E-state index contributed by atoms with van der Waals surface area (Å²) in [5.74, 6) is 0. The zero-order valence-corrected chi connectivity index (χ0v) is 9.89. The first-order valence-corrected chi connectivity index (χ1v) is 5.66. The molecule has 0 amide bonds. The third-order valence-electron chi connectivity index (χ3n) is 2.46. The van der Waals surface area contributed by atoms with E-state index in [4.69, 9.17) is 4.74 Å². The van der Waals surface area contributed by atoms with Gasteiger partial charge in [0, 0.05) is 10.9 Å². The highest BCUT2D eigenvalue weighted by molar-refractivity contribution is 7.11. The molecule has 0 radical (unpaired) electrons. The van der Waals surface area contributed by atoms with Crippen molar-refractivity contribution in [2.75, 3.05) is 7.11 Å². The van der Waals surface area contributed by atoms with E-state index in [2.05, 4.69) is 37.0 Å². The van der Waals surface area contributed by atoms with Gasteiger partial charge in [-0.1, -0.05) is 23.5 Å². The molecular formula is C12H13NOS. The van der Waals surface area contributed by atoms with Gasteiger partial charge >= 0.3 is 0 Å². The molecule has 2 nitrogen and oxygen atoms in total. The Hall–Kier alpha value is -1.35. The number of methoxy groups -OCH3 is 1. The quantitative estimate of drug-likeness (QED) is 0.772. The first kappa shape index (κ1) is 10.2. The normalized spacial score (nSPS) is 10.3. The molecule has 0 saturated carbocycles. The lowest BCUT2D eigenvalue weighted by Crippen LogP contribution is -1.84. The molecule has 2 aromatic rings. The number of hydrogen-bond donors (Lipinski definition) is 0. The standard InChI is InChI=1S/C12H13NOS/c1-8-4-5-10(6-9(8)2)11-7-15-12(13-11)14-3/h4-7H,1-3H3. The molecule has 3 heteroatoms. The molecule has 0 aliphatic heterocycles. The van der Waals surface area contributed by atoms with E-state index in [1.54, 1.807) is 7.11 Å². The van der Waals surface area contributed by atoms with Crippen molar-refractivity contribution in [3.8, 4) is 16.5 Å². The Balaban J connectivity index is 2.40. The Labute approximate surface area is 93.6 Å². The van der Waals surface area contributed by atoms with Crippen LogP contribution in [0.4, 0.5) is 0 Å². The van der Waals surface area contributed by atoms with Crippen LogP contribution in [0.5, 0.6) is 5.19 Å². The zero-order chi connectivity index (χ0) is 10.8. The van der Waals surface area contributed by atoms with Gasteiger partial charge in [-0.15, -0.1) is 0 Å². The second-order valence-corrected chi connectivity index (χ2v) is 4.32. The fraction of sp³-hybridized carbons (Fsp3) is 0.250. The lowest BCUT2D eigenvalue weighted by atomic mass is 10.1. The van der Waals surface area contributed by atoms with Crippen molar-refractivity contribution < 1.29 is 4.74 Å². The van der Waals surface area contributed by atoms with E-state index in [9.17, 15) is 0 Å². The lowest BCUT2D eigenvalue weighted by Gasteiger charge is -2.02. The van der Waals surface area contributed by atoms with Gasteiger partial charge in [-0.2, -0.15) is 0 Å². The highest BCUT2D eigenvalue weighted by Crippen LogP contribution is 2.27. The summed E-state index contributed by atoms with van der Waals surface area (Å²) in [6, 6.07) is 6.37. The summed E-state index contributed by atoms with van der Waals surface area (Å²) in [6.45, 7) is 4.23. The van der Waals surface area contributed by atoms with Crippen LogP contribution in [0.25, 0.3) is 11.3 Å². The van der Waals surface area contributed by atoms with E-state index < -0.39 is 0 Å². The van der Waals surface area contributed by atoms with Crippen LogP contribution in [0.1, 0.15) is 11.1 Å². The number of rotatable bonds is 2. The van der Waals surface area contributed by atoms with E-state index >= 15 is 0 Å². The second kappa shape index (κ2) is 4.03. The Morgan fingerprint density at radius 3 is 2.60 bits per heavy atom. The molecule has 0 atom stereocenters. The molecular weight excluding hydrogens is 206 g/mol. The minimum atomic E-state index is 0.711. The first-order valence-electron chi connectivity index (χ1n) is 4.78. The highest BCUT2D eigenvalue weighted by atomic mass is 32.1. The largest absolute Gasteiger partial charge is 0.473 e. The van der Waals surface area contributed by atoms with Gasteiger partial charge in [-0.25, -0.2) is 4.98 Å². The SMILES string of the molecule is COc1nc(-c2ccc(C)c(C)c2)cs1. The fourth-order valence-corrected chi connectivity index (χ4v) is 2.03. The summed E-state index contributed by atoms with van der Waals surface area (Å²) >= 11 is 1.52. The van der Waals surface area contributed by atoms with E-state index in [0.29, 0.717) is 5.19 Å². The summed E-state index contributed by atoms with van der Waals surface area (Å²) in [5, 5.41) is 2.73. The van der Waals surface area contributed by atoms with Crippen molar-refractivity contribution in [2.45, 2.75) is 13.8 Å². The number of aryl methyl sites for hydroxylation is 2. The van der Waals surface area contributed by atoms with Crippen molar-refractivity contribution in [2.24, 2.45) is 0 Å². The van der Waals surface area contributed by atoms with Crippen LogP contribution in [0.3, 0.4) is 0 Å². The minimum Gasteiger partial charge on any atom is -0.473 e. The third-order valence-corrected chi connectivity index (χ3v) is 3.26. The minimum absolute atomic E-state index is 0.711. The van der Waals surface area contributed by atoms with Gasteiger partial charge in [0.25, 0.3) is 5.19 Å². The summed E-state index contributed by atoms with van der Waals surface area (Å²) in [5.41, 5.74) is 4.73. The fourth-order valence-electron chi connectivity index (χ4n) is 1.38. The number of nitrogens with zero attached hydrogens (tertiary/aromatic N) is 1. The van der Waals surface area contributed by atoms with E-state index in [-0.39, 0.29) is 0 Å². The Kier molecular flexibility index (Phi) is 2.73. The average molecular weight is 219 g/mol. The van der Waals surface area contributed by atoms with Crippen LogP contribution in [0.15, 0.2) is 23.6 Å². The van der Waals surface area contributed by atoms with Gasteiger partial charge in [0.15, 0.2) is 0 Å². The maximum absolute atomic E-state index is 5.08. The Morgan fingerprint density at radius 2 is 2.00 bits per heavy atom. The molecule has 0 N–H and O–H groups in total. The summed E-state index contributed by atoms with van der Waals surface area (Å²) in [6.07, 6.45) is 0. The molecule has 0 aliphatic rings. The summed E-state index contributed by atoms with van der Waals surface area (Å²) in [7, 11) is 1.64. The molecule has 0 bridgehead atoms. The topological polar surface area (TPSA) is 22.1 Å². The van der Waals surface area contributed by atoms with Crippen LogP contribution in [0, 0.1) is 13.8 Å². The van der Waals surface area contributed by atoms with Crippen LogP contribution in [-0.4, -0.2) is 12.1 Å². The Bertz CT molecular complexity index is 476. The average Bonchev–Trinajstić information content (AvgIpc) is 2.70. The number of hydrogen-bond acceptors (Lipinski definition) is 3. The van der Waals surface area contributed by atoms with Crippen LogP contribution in [-0.2, 0) is 0 Å². The second-order valence-electron chi connectivity index (χ2n) is 3.50. The monoisotopic (exact) mass is 219 g/mol. The number of aromatic nitrogens is 1. The molecule has 0 spiro atoms. The van der Waals surface area contributed by atoms with Gasteiger partial charge in [0.2, 0.25) is 0 Å². The molecule has 0 fully saturated rings. The zero-order valence-electron chi connectivity index (χ0n) is 9.07. The maximum Gasteiger partial charge on any atom is 0.273 e. The van der Waals surface area contributed by atoms with Crippen molar-refractivity contribution in [1.29, 1.82) is 0 Å². The van der Waals surface area contributed by atoms with E-state index in [0.717, 1.165) is 11.3 Å². The molecule has 15 heavy (non-hydrogen) atoms. The van der Waals surface area contributed by atoms with Crippen LogP contribution < -0.4 is 4.74 Å². The van der Waals surface area contributed by atoms with Gasteiger partial charge in [-0.05, 0) is 31.0 Å². The molecule has 78 valence electrons. The molecule has 1 heterocycles. The number of benzene rings is 1. The molecule has 1 aromatic carbocycles. The number of thiazole rings is 1. The highest BCUT2D eigenvalue weighted by Gasteiger charge is 2.05. The van der Waals surface area contributed by atoms with Gasteiger partial charge in [-0.3, -0.25) is 0 Å². The Morgan fingerprint density at radius 1 is 1.20 bits per heavy atom. The first-order chi connectivity index (χ1) is 7.20. The molecule has 1 aromatic heterocycles. The van der Waals surface area contributed by atoms with Crippen LogP contribution >= 0.6 is 11.3 Å². The lowest BCUT2D eigenvalue weighted by molar-refractivity contribution is 0.412. The van der Waals surface area contributed by atoms with Gasteiger partial charge in [0.05, 0.1) is 12.8 Å². The van der Waals surface area contributed by atoms with Crippen LogP contribution in [0.2, 0.25) is 0 Å². The predicted octanol–water partition coefficient (Wildman–Crippen LogP) is 3.44. The molecule has 2 rings (SSSR count). The predicted molar refractivity (Wildman–Crippen MR) is 63.6 cm³/mol.